The number of aryl methyl sites for hydroxylation is 1. The molecule has 2 N–H and O–H groups in total. The zero-order valence-corrected chi connectivity index (χ0v) is 16.1. The molecule has 3 aromatic heterocycles. The lowest BCUT2D eigenvalue weighted by Gasteiger charge is -2.13. The maximum Gasteiger partial charge on any atom is 0.229 e. The van der Waals surface area contributed by atoms with Crippen molar-refractivity contribution >= 4 is 22.7 Å². The standard InChI is InChI=1S/C21H19N7O/c1-28-16(7-8-24-28)13-5-6-15(17(9-13)29-2)25-21-26-19(12-3-4-12)18-14(10-22)11-23-20(18)27-21/h5-9,11-12H,3-4H2,1-2H3,(H2,23,25,26,27). The number of aromatic amines is 1. The Morgan fingerprint density at radius 3 is 2.83 bits per heavy atom. The fraction of sp³-hybridized carbons (Fsp3) is 0.238. The Kier molecular flexibility index (Phi) is 3.95. The van der Waals surface area contributed by atoms with Gasteiger partial charge in [-0.3, -0.25) is 4.68 Å². The summed E-state index contributed by atoms with van der Waals surface area (Å²) in [6, 6.07) is 10.1. The molecule has 0 aliphatic heterocycles. The fourth-order valence-corrected chi connectivity index (χ4v) is 3.59. The van der Waals surface area contributed by atoms with E-state index in [9.17, 15) is 5.26 Å². The van der Waals surface area contributed by atoms with Gasteiger partial charge < -0.3 is 15.0 Å². The Labute approximate surface area is 167 Å². The summed E-state index contributed by atoms with van der Waals surface area (Å²) in [5.41, 5.74) is 4.97. The number of nitrogens with zero attached hydrogens (tertiary/aromatic N) is 5. The van der Waals surface area contributed by atoms with Gasteiger partial charge in [0.25, 0.3) is 0 Å². The summed E-state index contributed by atoms with van der Waals surface area (Å²) in [6.45, 7) is 0. The van der Waals surface area contributed by atoms with Crippen LogP contribution in [0.25, 0.3) is 22.3 Å². The van der Waals surface area contributed by atoms with Crippen molar-refractivity contribution in [2.75, 3.05) is 12.4 Å². The van der Waals surface area contributed by atoms with Crippen LogP contribution in [0.3, 0.4) is 0 Å². The third kappa shape index (κ3) is 2.97. The first kappa shape index (κ1) is 17.3. The van der Waals surface area contributed by atoms with Crippen molar-refractivity contribution in [1.82, 2.24) is 24.7 Å². The number of rotatable bonds is 5. The Morgan fingerprint density at radius 1 is 1.28 bits per heavy atom. The van der Waals surface area contributed by atoms with Crippen LogP contribution in [-0.4, -0.2) is 31.8 Å². The van der Waals surface area contributed by atoms with Crippen LogP contribution in [0.15, 0.2) is 36.7 Å². The van der Waals surface area contributed by atoms with E-state index in [-0.39, 0.29) is 0 Å². The van der Waals surface area contributed by atoms with Gasteiger partial charge in [0.1, 0.15) is 17.5 Å². The minimum absolute atomic E-state index is 0.387. The quantitative estimate of drug-likeness (QED) is 0.540. The zero-order chi connectivity index (χ0) is 20.0. The Bertz CT molecular complexity index is 1260. The number of benzene rings is 1. The molecule has 1 aromatic carbocycles. The van der Waals surface area contributed by atoms with E-state index in [1.807, 2.05) is 36.0 Å². The van der Waals surface area contributed by atoms with Crippen LogP contribution in [0.5, 0.6) is 5.75 Å². The second-order valence-corrected chi connectivity index (χ2v) is 7.12. The lowest BCUT2D eigenvalue weighted by molar-refractivity contribution is 0.417. The van der Waals surface area contributed by atoms with Crippen molar-refractivity contribution in [2.45, 2.75) is 18.8 Å². The average molecular weight is 385 g/mol. The van der Waals surface area contributed by atoms with Gasteiger partial charge in [0.15, 0.2) is 0 Å². The normalized spacial score (nSPS) is 13.4. The van der Waals surface area contributed by atoms with Gasteiger partial charge in [-0.2, -0.15) is 15.3 Å². The van der Waals surface area contributed by atoms with Crippen LogP contribution in [0.2, 0.25) is 0 Å². The van der Waals surface area contributed by atoms with Crippen molar-refractivity contribution in [3.63, 3.8) is 0 Å². The summed E-state index contributed by atoms with van der Waals surface area (Å²) in [6.07, 6.45) is 5.63. The van der Waals surface area contributed by atoms with E-state index in [0.717, 1.165) is 40.9 Å². The van der Waals surface area contributed by atoms with Crippen LogP contribution in [0, 0.1) is 11.3 Å². The van der Waals surface area contributed by atoms with Crippen molar-refractivity contribution in [3.05, 3.63) is 47.9 Å². The molecule has 0 atom stereocenters. The van der Waals surface area contributed by atoms with Gasteiger partial charge in [-0.1, -0.05) is 6.07 Å². The Hall–Kier alpha value is -3.86. The van der Waals surface area contributed by atoms with E-state index in [0.29, 0.717) is 28.8 Å². The van der Waals surface area contributed by atoms with E-state index in [2.05, 4.69) is 26.5 Å². The van der Waals surface area contributed by atoms with Gasteiger partial charge in [0, 0.05) is 30.9 Å². The predicted octanol–water partition coefficient (Wildman–Crippen LogP) is 3.86. The molecule has 3 heterocycles. The molecule has 0 unspecified atom stereocenters. The molecule has 8 heteroatoms. The molecule has 1 fully saturated rings. The molecule has 5 rings (SSSR count). The number of ether oxygens (including phenoxy) is 1. The third-order valence-corrected chi connectivity index (χ3v) is 5.21. The van der Waals surface area contributed by atoms with Crippen LogP contribution in [-0.2, 0) is 7.05 Å². The van der Waals surface area contributed by atoms with E-state index in [1.165, 1.54) is 0 Å². The minimum atomic E-state index is 0.387. The number of H-pyrrole nitrogens is 1. The topological polar surface area (TPSA) is 104 Å². The number of methoxy groups -OCH3 is 1. The van der Waals surface area contributed by atoms with Crippen molar-refractivity contribution in [1.29, 1.82) is 5.26 Å². The maximum atomic E-state index is 9.38. The van der Waals surface area contributed by atoms with Gasteiger partial charge in [-0.05, 0) is 31.0 Å². The second kappa shape index (κ2) is 6.63. The van der Waals surface area contributed by atoms with Gasteiger partial charge in [-0.25, -0.2) is 4.98 Å². The summed E-state index contributed by atoms with van der Waals surface area (Å²) in [5.74, 6) is 1.56. The highest BCUT2D eigenvalue weighted by Crippen LogP contribution is 2.43. The van der Waals surface area contributed by atoms with Crippen LogP contribution in [0.4, 0.5) is 11.6 Å². The molecule has 0 bridgehead atoms. The molecule has 29 heavy (non-hydrogen) atoms. The number of anilines is 2. The number of nitrogens with one attached hydrogen (secondary N) is 2. The summed E-state index contributed by atoms with van der Waals surface area (Å²) in [4.78, 5) is 12.4. The number of hydrogen-bond acceptors (Lipinski definition) is 6. The number of nitriles is 1. The fourth-order valence-electron chi connectivity index (χ4n) is 3.59. The predicted molar refractivity (Wildman–Crippen MR) is 109 cm³/mol. The van der Waals surface area contributed by atoms with Gasteiger partial charge in [-0.15, -0.1) is 0 Å². The molecular formula is C21H19N7O. The third-order valence-electron chi connectivity index (χ3n) is 5.21. The van der Waals surface area contributed by atoms with Crippen molar-refractivity contribution < 1.29 is 4.74 Å². The number of aromatic nitrogens is 5. The monoisotopic (exact) mass is 385 g/mol. The van der Waals surface area contributed by atoms with E-state index in [4.69, 9.17) is 9.72 Å². The maximum absolute atomic E-state index is 9.38. The number of hydrogen-bond donors (Lipinski definition) is 2. The zero-order valence-electron chi connectivity index (χ0n) is 16.1. The molecule has 0 amide bonds. The molecule has 1 saturated carbocycles. The molecule has 0 spiro atoms. The average Bonchev–Trinajstić information content (AvgIpc) is 3.37. The van der Waals surface area contributed by atoms with Crippen LogP contribution in [0.1, 0.15) is 30.0 Å². The van der Waals surface area contributed by atoms with Crippen LogP contribution < -0.4 is 10.1 Å². The summed E-state index contributed by atoms with van der Waals surface area (Å²) in [5, 5.41) is 17.7. The van der Waals surface area contributed by atoms with Gasteiger partial charge in [0.2, 0.25) is 5.95 Å². The van der Waals surface area contributed by atoms with Crippen LogP contribution >= 0.6 is 0 Å². The molecule has 8 nitrogen and oxygen atoms in total. The SMILES string of the molecule is COc1cc(-c2ccnn2C)ccc1Nc1nc(C2CC2)c2c(C#N)c[nH]c2n1. The van der Waals surface area contributed by atoms with E-state index < -0.39 is 0 Å². The first-order valence-corrected chi connectivity index (χ1v) is 9.40. The molecule has 0 saturated heterocycles. The van der Waals surface area contributed by atoms with E-state index >= 15 is 0 Å². The highest BCUT2D eigenvalue weighted by Gasteiger charge is 2.29. The summed E-state index contributed by atoms with van der Waals surface area (Å²) in [7, 11) is 3.54. The molecular weight excluding hydrogens is 366 g/mol. The molecule has 144 valence electrons. The Morgan fingerprint density at radius 2 is 2.14 bits per heavy atom. The second-order valence-electron chi connectivity index (χ2n) is 7.12. The number of fused-ring (bicyclic) bond motifs is 1. The van der Waals surface area contributed by atoms with Gasteiger partial charge in [0.05, 0.1) is 35.1 Å². The smallest absolute Gasteiger partial charge is 0.229 e. The van der Waals surface area contributed by atoms with Gasteiger partial charge >= 0.3 is 0 Å². The lowest BCUT2D eigenvalue weighted by atomic mass is 10.1. The highest BCUT2D eigenvalue weighted by atomic mass is 16.5. The first-order chi connectivity index (χ1) is 14.2. The highest BCUT2D eigenvalue weighted by molar-refractivity contribution is 5.87. The molecule has 4 aromatic rings. The summed E-state index contributed by atoms with van der Waals surface area (Å²) < 4.78 is 7.41. The Balaban J connectivity index is 1.54. The van der Waals surface area contributed by atoms with Crippen molar-refractivity contribution in [3.8, 4) is 23.1 Å². The van der Waals surface area contributed by atoms with Crippen molar-refractivity contribution in [2.24, 2.45) is 7.05 Å². The first-order valence-electron chi connectivity index (χ1n) is 9.40. The molecule has 1 aliphatic rings. The largest absolute Gasteiger partial charge is 0.495 e. The molecule has 0 radical (unpaired) electrons. The minimum Gasteiger partial charge on any atom is -0.495 e. The van der Waals surface area contributed by atoms with E-state index in [1.54, 1.807) is 19.5 Å². The molecule has 1 aliphatic carbocycles. The summed E-state index contributed by atoms with van der Waals surface area (Å²) >= 11 is 0. The lowest BCUT2D eigenvalue weighted by Crippen LogP contribution is -2.03.